The third kappa shape index (κ3) is 4.77. The highest BCUT2D eigenvalue weighted by atomic mass is 16.1. The summed E-state index contributed by atoms with van der Waals surface area (Å²) in [6.45, 7) is 6.58. The third-order valence-corrected chi connectivity index (χ3v) is 6.31. The summed E-state index contributed by atoms with van der Waals surface area (Å²) in [4.78, 5) is 24.3. The summed E-state index contributed by atoms with van der Waals surface area (Å²) in [5, 5.41) is 4.28. The van der Waals surface area contributed by atoms with Gasteiger partial charge < -0.3 is 10.2 Å². The quantitative estimate of drug-likeness (QED) is 0.763. The number of piperidine rings is 1. The van der Waals surface area contributed by atoms with Gasteiger partial charge >= 0.3 is 0 Å². The van der Waals surface area contributed by atoms with E-state index >= 15 is 0 Å². The summed E-state index contributed by atoms with van der Waals surface area (Å²) >= 11 is 0. The minimum absolute atomic E-state index is 0.107. The van der Waals surface area contributed by atoms with Crippen LogP contribution in [0.2, 0.25) is 0 Å². The van der Waals surface area contributed by atoms with E-state index in [1.807, 2.05) is 0 Å². The van der Waals surface area contributed by atoms with Crippen LogP contribution in [0, 0.1) is 19.8 Å². The van der Waals surface area contributed by atoms with Crippen LogP contribution in [-0.2, 0) is 4.79 Å². The predicted molar refractivity (Wildman–Crippen MR) is 118 cm³/mol. The molecule has 2 aliphatic rings. The lowest BCUT2D eigenvalue weighted by Crippen LogP contribution is -2.41. The average Bonchev–Trinajstić information content (AvgIpc) is 2.75. The zero-order valence-electron chi connectivity index (χ0n) is 17.7. The molecular formula is C24H32N4O. The first kappa shape index (κ1) is 19.9. The van der Waals surface area contributed by atoms with Gasteiger partial charge in [-0.15, -0.1) is 0 Å². The maximum Gasteiger partial charge on any atom is 0.226 e. The zero-order chi connectivity index (χ0) is 20.2. The number of nitrogens with one attached hydrogen (secondary N) is 1. The molecule has 1 fully saturated rings. The lowest BCUT2D eigenvalue weighted by atomic mass is 9.95. The lowest BCUT2D eigenvalue weighted by Gasteiger charge is -2.31. The molecule has 2 aromatic rings. The standard InChI is InChI=1S/C24H32N4O/c1-17-8-9-22-21(16-17)18(2)26-24(27-22)28-14-11-20(12-15-28)23(29)25-13-10-19-6-4-3-5-7-19/h6,8-9,16,20H,3-5,7,10-15H2,1-2H3,(H,25,29). The molecule has 1 aromatic heterocycles. The first-order chi connectivity index (χ1) is 14.1. The number of hydrogen-bond acceptors (Lipinski definition) is 4. The van der Waals surface area contributed by atoms with Crippen LogP contribution < -0.4 is 10.2 Å². The van der Waals surface area contributed by atoms with Crippen LogP contribution in [0.25, 0.3) is 10.9 Å². The number of hydrogen-bond donors (Lipinski definition) is 1. The van der Waals surface area contributed by atoms with Gasteiger partial charge in [-0.05, 0) is 70.9 Å². The molecule has 1 aromatic carbocycles. The first-order valence-corrected chi connectivity index (χ1v) is 11.1. The molecule has 0 spiro atoms. The molecule has 1 aliphatic heterocycles. The SMILES string of the molecule is Cc1ccc2nc(N3CCC(C(=O)NCCC4=CCCCC4)CC3)nc(C)c2c1. The largest absolute Gasteiger partial charge is 0.356 e. The van der Waals surface area contributed by atoms with Gasteiger partial charge in [0.1, 0.15) is 0 Å². The molecule has 1 amide bonds. The summed E-state index contributed by atoms with van der Waals surface area (Å²) in [5.74, 6) is 1.12. The number of rotatable bonds is 5. The van der Waals surface area contributed by atoms with Crippen LogP contribution in [0.15, 0.2) is 29.8 Å². The molecule has 1 aliphatic carbocycles. The maximum absolute atomic E-state index is 12.6. The molecule has 0 radical (unpaired) electrons. The maximum atomic E-state index is 12.6. The van der Waals surface area contributed by atoms with Crippen molar-refractivity contribution in [1.82, 2.24) is 15.3 Å². The predicted octanol–water partition coefficient (Wildman–Crippen LogP) is 4.47. The van der Waals surface area contributed by atoms with Gasteiger partial charge in [0.05, 0.1) is 11.2 Å². The Hall–Kier alpha value is -2.43. The van der Waals surface area contributed by atoms with Gasteiger partial charge in [-0.25, -0.2) is 9.97 Å². The van der Waals surface area contributed by atoms with Gasteiger partial charge in [-0.1, -0.05) is 23.3 Å². The lowest BCUT2D eigenvalue weighted by molar-refractivity contribution is -0.125. The minimum atomic E-state index is 0.107. The summed E-state index contributed by atoms with van der Waals surface area (Å²) in [6, 6.07) is 6.32. The Morgan fingerprint density at radius 1 is 1.17 bits per heavy atom. The topological polar surface area (TPSA) is 58.1 Å². The van der Waals surface area contributed by atoms with Gasteiger partial charge in [0.2, 0.25) is 11.9 Å². The van der Waals surface area contributed by atoms with Gasteiger partial charge in [-0.2, -0.15) is 0 Å². The molecule has 0 bridgehead atoms. The number of aryl methyl sites for hydroxylation is 2. The third-order valence-electron chi connectivity index (χ3n) is 6.31. The molecular weight excluding hydrogens is 360 g/mol. The van der Waals surface area contributed by atoms with Crippen molar-refractivity contribution in [2.24, 2.45) is 5.92 Å². The van der Waals surface area contributed by atoms with Crippen molar-refractivity contribution in [2.75, 3.05) is 24.5 Å². The second kappa shape index (κ2) is 8.93. The Kier molecular flexibility index (Phi) is 6.12. The van der Waals surface area contributed by atoms with Crippen molar-refractivity contribution in [3.63, 3.8) is 0 Å². The molecule has 4 rings (SSSR count). The van der Waals surface area contributed by atoms with E-state index in [0.29, 0.717) is 0 Å². The van der Waals surface area contributed by atoms with Gasteiger partial charge in [0.15, 0.2) is 0 Å². The Bertz CT molecular complexity index is 912. The molecule has 2 heterocycles. The number of carbonyl (C=O) groups is 1. The molecule has 0 saturated carbocycles. The molecule has 1 saturated heterocycles. The molecule has 0 atom stereocenters. The zero-order valence-corrected chi connectivity index (χ0v) is 17.7. The van der Waals surface area contributed by atoms with Crippen LogP contribution in [0.1, 0.15) is 56.2 Å². The Balaban J connectivity index is 1.31. The minimum Gasteiger partial charge on any atom is -0.356 e. The summed E-state index contributed by atoms with van der Waals surface area (Å²) in [5.41, 5.74) is 4.76. The fourth-order valence-electron chi connectivity index (χ4n) is 4.49. The fourth-order valence-corrected chi connectivity index (χ4v) is 4.49. The number of anilines is 1. The highest BCUT2D eigenvalue weighted by Gasteiger charge is 2.26. The van der Waals surface area contributed by atoms with Crippen molar-refractivity contribution in [2.45, 2.75) is 58.8 Å². The van der Waals surface area contributed by atoms with Crippen molar-refractivity contribution >= 4 is 22.8 Å². The van der Waals surface area contributed by atoms with E-state index in [9.17, 15) is 4.79 Å². The van der Waals surface area contributed by atoms with E-state index in [4.69, 9.17) is 9.97 Å². The first-order valence-electron chi connectivity index (χ1n) is 11.1. The van der Waals surface area contributed by atoms with Gasteiger partial charge in [0.25, 0.3) is 0 Å². The summed E-state index contributed by atoms with van der Waals surface area (Å²) in [7, 11) is 0. The second-order valence-corrected chi connectivity index (χ2v) is 8.54. The normalized spacial score (nSPS) is 18.0. The smallest absolute Gasteiger partial charge is 0.226 e. The number of fused-ring (bicyclic) bond motifs is 1. The monoisotopic (exact) mass is 392 g/mol. The van der Waals surface area contributed by atoms with Crippen molar-refractivity contribution in [3.8, 4) is 0 Å². The molecule has 154 valence electrons. The molecule has 29 heavy (non-hydrogen) atoms. The number of carbonyl (C=O) groups excluding carboxylic acids is 1. The number of benzene rings is 1. The molecule has 0 unspecified atom stereocenters. The van der Waals surface area contributed by atoms with Crippen LogP contribution in [-0.4, -0.2) is 35.5 Å². The fraction of sp³-hybridized carbons (Fsp3) is 0.542. The molecule has 5 nitrogen and oxygen atoms in total. The number of allylic oxidation sites excluding steroid dienone is 1. The summed E-state index contributed by atoms with van der Waals surface area (Å²) in [6.07, 6.45) is 10.1. The Morgan fingerprint density at radius 3 is 2.76 bits per heavy atom. The second-order valence-electron chi connectivity index (χ2n) is 8.54. The van der Waals surface area contributed by atoms with E-state index in [1.165, 1.54) is 36.8 Å². The van der Waals surface area contributed by atoms with E-state index in [-0.39, 0.29) is 11.8 Å². The van der Waals surface area contributed by atoms with E-state index in [0.717, 1.165) is 61.4 Å². The molecule has 1 N–H and O–H groups in total. The van der Waals surface area contributed by atoms with Crippen LogP contribution in [0.4, 0.5) is 5.95 Å². The number of aromatic nitrogens is 2. The number of nitrogens with zero attached hydrogens (tertiary/aromatic N) is 3. The van der Waals surface area contributed by atoms with Crippen LogP contribution >= 0.6 is 0 Å². The van der Waals surface area contributed by atoms with Crippen LogP contribution in [0.5, 0.6) is 0 Å². The van der Waals surface area contributed by atoms with Gasteiger partial charge in [-0.3, -0.25) is 4.79 Å². The number of amides is 1. The van der Waals surface area contributed by atoms with E-state index < -0.39 is 0 Å². The Labute approximate surface area is 173 Å². The summed E-state index contributed by atoms with van der Waals surface area (Å²) < 4.78 is 0. The molecule has 5 heteroatoms. The van der Waals surface area contributed by atoms with Gasteiger partial charge in [0, 0.05) is 30.9 Å². The van der Waals surface area contributed by atoms with E-state index in [2.05, 4.69) is 48.3 Å². The van der Waals surface area contributed by atoms with Crippen molar-refractivity contribution in [1.29, 1.82) is 0 Å². The van der Waals surface area contributed by atoms with Crippen LogP contribution in [0.3, 0.4) is 0 Å². The highest BCUT2D eigenvalue weighted by Crippen LogP contribution is 2.25. The average molecular weight is 393 g/mol. The van der Waals surface area contributed by atoms with E-state index in [1.54, 1.807) is 0 Å². The van der Waals surface area contributed by atoms with Crippen molar-refractivity contribution in [3.05, 3.63) is 41.1 Å². The highest BCUT2D eigenvalue weighted by molar-refractivity contribution is 5.82. The van der Waals surface area contributed by atoms with Crippen molar-refractivity contribution < 1.29 is 4.79 Å². The Morgan fingerprint density at radius 2 is 2.00 bits per heavy atom.